The van der Waals surface area contributed by atoms with Crippen molar-refractivity contribution in [3.8, 4) is 0 Å². The van der Waals surface area contributed by atoms with Gasteiger partial charge in [0.25, 0.3) is 5.69 Å². The summed E-state index contributed by atoms with van der Waals surface area (Å²) in [6.45, 7) is 0. The van der Waals surface area contributed by atoms with Crippen LogP contribution in [0, 0.1) is 10.1 Å². The summed E-state index contributed by atoms with van der Waals surface area (Å²) in [6, 6.07) is 1.70. The number of nitrogens with zero attached hydrogens (tertiary/aromatic N) is 2. The van der Waals surface area contributed by atoms with Crippen LogP contribution in [0.3, 0.4) is 0 Å². The molecule has 2 atom stereocenters. The quantitative estimate of drug-likeness (QED) is 0.372. The molecule has 1 unspecified atom stereocenters. The van der Waals surface area contributed by atoms with Gasteiger partial charge in [0.15, 0.2) is 0 Å². The highest BCUT2D eigenvalue weighted by Crippen LogP contribution is 2.50. The molecule has 0 saturated carbocycles. The maximum absolute atomic E-state index is 11.0. The van der Waals surface area contributed by atoms with Crippen LogP contribution in [0.25, 0.3) is 5.57 Å². The molecule has 1 aliphatic heterocycles. The molecular weight excluding hydrogens is 300 g/mol. The van der Waals surface area contributed by atoms with Crippen LogP contribution in [0.4, 0.5) is 5.69 Å². The molecule has 6 heteroatoms. The van der Waals surface area contributed by atoms with Crippen LogP contribution in [-0.4, -0.2) is 26.9 Å². The van der Waals surface area contributed by atoms with E-state index in [9.17, 15) is 10.1 Å². The van der Waals surface area contributed by atoms with Gasteiger partial charge in [-0.15, -0.1) is 0 Å². The molecule has 0 amide bonds. The van der Waals surface area contributed by atoms with Gasteiger partial charge >= 0.3 is 0 Å². The predicted octanol–water partition coefficient (Wildman–Crippen LogP) is 2.70. The number of hydrogen-bond donors (Lipinski definition) is 0. The number of allylic oxidation sites excluding steroid dienone is 1. The largest absolute Gasteiger partial charge is 0.361 e. The SMILES string of the molecule is O=[N+]([O-])c1cnccc1C1=CC2O[C@]2(CBr)CC1. The number of alkyl halides is 1. The average Bonchev–Trinajstić information content (AvgIpc) is 3.12. The second-order valence-corrected chi connectivity index (χ2v) is 5.14. The summed E-state index contributed by atoms with van der Waals surface area (Å²) in [7, 11) is 0. The third-order valence-electron chi connectivity index (χ3n) is 3.56. The Labute approximate surface area is 112 Å². The third kappa shape index (κ3) is 1.76. The molecular formula is C12H11BrN2O3. The second-order valence-electron chi connectivity index (χ2n) is 4.58. The molecule has 2 aliphatic rings. The van der Waals surface area contributed by atoms with Gasteiger partial charge in [0.05, 0.1) is 10.5 Å². The van der Waals surface area contributed by atoms with Crippen molar-refractivity contribution in [3.63, 3.8) is 0 Å². The van der Waals surface area contributed by atoms with E-state index in [4.69, 9.17) is 4.74 Å². The molecule has 0 N–H and O–H groups in total. The third-order valence-corrected chi connectivity index (χ3v) is 4.51. The minimum atomic E-state index is -0.386. The van der Waals surface area contributed by atoms with E-state index in [-0.39, 0.29) is 22.3 Å². The lowest BCUT2D eigenvalue weighted by Crippen LogP contribution is -2.19. The number of rotatable bonds is 3. The Balaban J connectivity index is 1.96. The van der Waals surface area contributed by atoms with E-state index < -0.39 is 0 Å². The fraction of sp³-hybridized carbons (Fsp3) is 0.417. The van der Waals surface area contributed by atoms with Gasteiger partial charge in [-0.1, -0.05) is 15.9 Å². The Kier molecular flexibility index (Phi) is 2.71. The highest BCUT2D eigenvalue weighted by molar-refractivity contribution is 9.09. The Morgan fingerprint density at radius 2 is 2.50 bits per heavy atom. The van der Waals surface area contributed by atoms with Crippen molar-refractivity contribution in [2.45, 2.75) is 24.5 Å². The van der Waals surface area contributed by atoms with Gasteiger partial charge in [0.1, 0.15) is 17.9 Å². The van der Waals surface area contributed by atoms with Gasteiger partial charge in [-0.25, -0.2) is 0 Å². The van der Waals surface area contributed by atoms with Crippen LogP contribution in [0.15, 0.2) is 24.5 Å². The highest BCUT2D eigenvalue weighted by Gasteiger charge is 2.56. The average molecular weight is 311 g/mol. The first-order valence-corrected chi connectivity index (χ1v) is 6.82. The summed E-state index contributed by atoms with van der Waals surface area (Å²) < 4.78 is 5.66. The first-order valence-electron chi connectivity index (χ1n) is 5.69. The zero-order valence-electron chi connectivity index (χ0n) is 9.51. The number of nitro groups is 1. The minimum Gasteiger partial charge on any atom is -0.361 e. The van der Waals surface area contributed by atoms with Gasteiger partial charge in [-0.3, -0.25) is 15.1 Å². The first kappa shape index (κ1) is 11.8. The lowest BCUT2D eigenvalue weighted by atomic mass is 9.87. The second kappa shape index (κ2) is 4.13. The van der Waals surface area contributed by atoms with E-state index in [0.29, 0.717) is 5.56 Å². The van der Waals surface area contributed by atoms with Gasteiger partial charge < -0.3 is 4.74 Å². The van der Waals surface area contributed by atoms with Crippen molar-refractivity contribution >= 4 is 27.2 Å². The summed E-state index contributed by atoms with van der Waals surface area (Å²) >= 11 is 3.45. The normalized spacial score (nSPS) is 29.4. The number of fused-ring (bicyclic) bond motifs is 1. The Bertz CT molecular complexity index is 546. The standard InChI is InChI=1S/C12H11BrN2O3/c13-7-12-3-1-8(5-11(12)18-12)9-2-4-14-6-10(9)15(16)17/h2,4-6,11H,1,3,7H2/t11?,12-/m0/s1. The van der Waals surface area contributed by atoms with Gasteiger partial charge in [-0.2, -0.15) is 0 Å². The molecule has 3 rings (SSSR count). The fourth-order valence-corrected chi connectivity index (χ4v) is 3.15. The molecule has 1 saturated heterocycles. The summed E-state index contributed by atoms with van der Waals surface area (Å²) in [5.41, 5.74) is 1.65. The summed E-state index contributed by atoms with van der Waals surface area (Å²) in [5, 5.41) is 11.8. The molecule has 1 aliphatic carbocycles. The summed E-state index contributed by atoms with van der Waals surface area (Å²) in [5.74, 6) is 0. The Morgan fingerprint density at radius 3 is 3.17 bits per heavy atom. The van der Waals surface area contributed by atoms with Crippen LogP contribution < -0.4 is 0 Å². The van der Waals surface area contributed by atoms with E-state index >= 15 is 0 Å². The van der Waals surface area contributed by atoms with Crippen molar-refractivity contribution in [2.24, 2.45) is 0 Å². The fourth-order valence-electron chi connectivity index (χ4n) is 2.42. The van der Waals surface area contributed by atoms with Crippen molar-refractivity contribution in [2.75, 3.05) is 5.33 Å². The lowest BCUT2D eigenvalue weighted by molar-refractivity contribution is -0.385. The molecule has 1 fully saturated rings. The molecule has 94 valence electrons. The smallest absolute Gasteiger partial charge is 0.294 e. The van der Waals surface area contributed by atoms with E-state index in [2.05, 4.69) is 20.9 Å². The number of pyridine rings is 1. The van der Waals surface area contributed by atoms with Crippen molar-refractivity contribution in [1.82, 2.24) is 4.98 Å². The molecule has 0 radical (unpaired) electrons. The number of hydrogen-bond acceptors (Lipinski definition) is 4. The van der Waals surface area contributed by atoms with Gasteiger partial charge in [0.2, 0.25) is 0 Å². The molecule has 0 spiro atoms. The highest BCUT2D eigenvalue weighted by atomic mass is 79.9. The van der Waals surface area contributed by atoms with Crippen molar-refractivity contribution in [3.05, 3.63) is 40.2 Å². The Hall–Kier alpha value is -1.27. The topological polar surface area (TPSA) is 68.6 Å². The van der Waals surface area contributed by atoms with Crippen LogP contribution in [0.1, 0.15) is 18.4 Å². The number of aromatic nitrogens is 1. The summed E-state index contributed by atoms with van der Waals surface area (Å²) in [4.78, 5) is 14.4. The number of halogens is 1. The zero-order chi connectivity index (χ0) is 12.8. The zero-order valence-corrected chi connectivity index (χ0v) is 11.1. The van der Waals surface area contributed by atoms with Crippen molar-refractivity contribution in [1.29, 1.82) is 0 Å². The van der Waals surface area contributed by atoms with Crippen molar-refractivity contribution < 1.29 is 9.66 Å². The van der Waals surface area contributed by atoms with E-state index in [1.807, 2.05) is 6.08 Å². The first-order chi connectivity index (χ1) is 8.66. The molecule has 5 nitrogen and oxygen atoms in total. The number of epoxide rings is 1. The molecule has 18 heavy (non-hydrogen) atoms. The van der Waals surface area contributed by atoms with Crippen LogP contribution in [-0.2, 0) is 4.74 Å². The lowest BCUT2D eigenvalue weighted by Gasteiger charge is -2.16. The maximum Gasteiger partial charge on any atom is 0.294 e. The van der Waals surface area contributed by atoms with Gasteiger partial charge in [0, 0.05) is 11.5 Å². The molecule has 0 bridgehead atoms. The predicted molar refractivity (Wildman–Crippen MR) is 69.5 cm³/mol. The molecule has 0 aromatic carbocycles. The Morgan fingerprint density at radius 1 is 1.67 bits per heavy atom. The minimum absolute atomic E-state index is 0.0642. The van der Waals surface area contributed by atoms with Crippen LogP contribution in [0.5, 0.6) is 0 Å². The van der Waals surface area contributed by atoms with E-state index in [1.54, 1.807) is 12.3 Å². The maximum atomic E-state index is 11.0. The molecule has 2 heterocycles. The van der Waals surface area contributed by atoms with E-state index in [1.165, 1.54) is 6.20 Å². The molecule has 1 aromatic rings. The van der Waals surface area contributed by atoms with E-state index in [0.717, 1.165) is 23.7 Å². The van der Waals surface area contributed by atoms with Gasteiger partial charge in [-0.05, 0) is 30.6 Å². The molecule has 1 aromatic heterocycles. The summed E-state index contributed by atoms with van der Waals surface area (Å²) in [6.07, 6.45) is 6.68. The number of ether oxygens (including phenoxy) is 1. The monoisotopic (exact) mass is 310 g/mol. The van der Waals surface area contributed by atoms with Crippen LogP contribution >= 0.6 is 15.9 Å². The van der Waals surface area contributed by atoms with Crippen LogP contribution in [0.2, 0.25) is 0 Å².